The fraction of sp³-hybridized carbons (Fsp3) is 0.185. The number of benzene rings is 3. The third-order valence-corrected chi connectivity index (χ3v) is 7.51. The number of rotatable bonds is 6. The van der Waals surface area contributed by atoms with E-state index in [1.807, 2.05) is 13.8 Å². The first-order valence-electron chi connectivity index (χ1n) is 10.9. The first kappa shape index (κ1) is 23.4. The highest BCUT2D eigenvalue weighted by molar-refractivity contribution is 7.93. The van der Waals surface area contributed by atoms with Crippen molar-refractivity contribution in [3.05, 3.63) is 94.7 Å². The number of carbonyl (C=O) groups excluding carboxylic acids is 2. The van der Waals surface area contributed by atoms with Crippen LogP contribution < -0.4 is 4.31 Å². The minimum atomic E-state index is -4.26. The molecule has 0 aliphatic heterocycles. The highest BCUT2D eigenvalue weighted by Gasteiger charge is 2.32. The molecule has 4 rings (SSSR count). The number of ketones is 1. The maximum Gasteiger partial charge on any atom is 0.272 e. The Morgan fingerprint density at radius 1 is 0.912 bits per heavy atom. The molecule has 1 heterocycles. The second-order valence-electron chi connectivity index (χ2n) is 8.21. The zero-order chi connectivity index (χ0) is 24.6. The van der Waals surface area contributed by atoms with Crippen molar-refractivity contribution in [3.63, 3.8) is 0 Å². The monoisotopic (exact) mass is 475 g/mol. The number of hydrogen-bond donors (Lipinski definition) is 0. The van der Waals surface area contributed by atoms with Crippen LogP contribution in [0.15, 0.2) is 76.0 Å². The minimum absolute atomic E-state index is 0.000393. The summed E-state index contributed by atoms with van der Waals surface area (Å²) in [6.45, 7) is 6.96. The van der Waals surface area contributed by atoms with E-state index >= 15 is 0 Å². The molecule has 0 radical (unpaired) electrons. The largest absolute Gasteiger partial charge is 0.461 e. The molecule has 174 valence electrons. The van der Waals surface area contributed by atoms with E-state index in [1.54, 1.807) is 49.4 Å². The predicted octanol–water partition coefficient (Wildman–Crippen LogP) is 5.85. The van der Waals surface area contributed by atoms with Gasteiger partial charge in [-0.15, -0.1) is 0 Å². The van der Waals surface area contributed by atoms with Gasteiger partial charge in [-0.25, -0.2) is 8.42 Å². The SMILES string of the molecule is CCc1ccc(S(=O)(=O)N(C(=O)c2ccc(C)cc2)c2ccc3oc(C)c(C(C)=O)c3c2)cc1. The second-order valence-corrected chi connectivity index (χ2v) is 9.99. The van der Waals surface area contributed by atoms with Gasteiger partial charge in [0.2, 0.25) is 0 Å². The van der Waals surface area contributed by atoms with Crippen molar-refractivity contribution in [1.29, 1.82) is 0 Å². The summed E-state index contributed by atoms with van der Waals surface area (Å²) < 4.78 is 34.0. The smallest absolute Gasteiger partial charge is 0.272 e. The molecule has 0 N–H and O–H groups in total. The van der Waals surface area contributed by atoms with E-state index in [2.05, 4.69) is 0 Å². The Morgan fingerprint density at radius 2 is 1.56 bits per heavy atom. The number of sulfonamides is 1. The van der Waals surface area contributed by atoms with Crippen LogP contribution in [-0.2, 0) is 16.4 Å². The van der Waals surface area contributed by atoms with Crippen molar-refractivity contribution in [2.45, 2.75) is 39.0 Å². The number of Topliss-reactive ketones (excluding diaryl/α,β-unsaturated/α-hetero) is 1. The van der Waals surface area contributed by atoms with Crippen molar-refractivity contribution in [2.75, 3.05) is 4.31 Å². The Labute approximate surface area is 198 Å². The number of carbonyl (C=O) groups is 2. The van der Waals surface area contributed by atoms with Crippen LogP contribution in [0, 0.1) is 13.8 Å². The minimum Gasteiger partial charge on any atom is -0.461 e. The first-order chi connectivity index (χ1) is 16.1. The Morgan fingerprint density at radius 3 is 2.15 bits per heavy atom. The number of hydrogen-bond acceptors (Lipinski definition) is 5. The Balaban J connectivity index is 1.93. The summed E-state index contributed by atoms with van der Waals surface area (Å²) in [5, 5.41) is 0.459. The molecule has 3 aromatic carbocycles. The predicted molar refractivity (Wildman–Crippen MR) is 132 cm³/mol. The van der Waals surface area contributed by atoms with Crippen LogP contribution in [-0.4, -0.2) is 20.1 Å². The molecule has 0 aliphatic carbocycles. The van der Waals surface area contributed by atoms with Crippen LogP contribution in [0.1, 0.15) is 51.5 Å². The summed E-state index contributed by atoms with van der Waals surface area (Å²) in [5.41, 5.74) is 3.10. The lowest BCUT2D eigenvalue weighted by Crippen LogP contribution is -2.37. The molecule has 1 amide bonds. The van der Waals surface area contributed by atoms with Crippen LogP contribution in [0.5, 0.6) is 0 Å². The van der Waals surface area contributed by atoms with E-state index in [0.717, 1.165) is 21.9 Å². The quantitative estimate of drug-likeness (QED) is 0.327. The number of nitrogens with zero attached hydrogens (tertiary/aromatic N) is 1. The molecule has 4 aromatic rings. The number of amides is 1. The van der Waals surface area contributed by atoms with Gasteiger partial charge in [0.05, 0.1) is 16.1 Å². The molecule has 6 nitrogen and oxygen atoms in total. The highest BCUT2D eigenvalue weighted by Crippen LogP contribution is 2.33. The molecule has 7 heteroatoms. The van der Waals surface area contributed by atoms with Gasteiger partial charge in [-0.3, -0.25) is 9.59 Å². The van der Waals surface area contributed by atoms with E-state index in [9.17, 15) is 18.0 Å². The van der Waals surface area contributed by atoms with E-state index in [-0.39, 0.29) is 21.9 Å². The summed E-state index contributed by atoms with van der Waals surface area (Å²) in [4.78, 5) is 25.8. The van der Waals surface area contributed by atoms with Gasteiger partial charge in [0.1, 0.15) is 11.3 Å². The average molecular weight is 476 g/mol. The van der Waals surface area contributed by atoms with Crippen molar-refractivity contribution in [1.82, 2.24) is 0 Å². The molecule has 0 fully saturated rings. The third kappa shape index (κ3) is 4.15. The summed E-state index contributed by atoms with van der Waals surface area (Å²) >= 11 is 0. The summed E-state index contributed by atoms with van der Waals surface area (Å²) in [6, 6.07) is 17.8. The van der Waals surface area contributed by atoms with Crippen molar-refractivity contribution in [2.24, 2.45) is 0 Å². The summed E-state index contributed by atoms with van der Waals surface area (Å²) in [6.07, 6.45) is 0.761. The first-order valence-corrected chi connectivity index (χ1v) is 12.4. The van der Waals surface area contributed by atoms with E-state index in [1.165, 1.54) is 31.2 Å². The van der Waals surface area contributed by atoms with E-state index < -0.39 is 15.9 Å². The van der Waals surface area contributed by atoms with Gasteiger partial charge in [-0.2, -0.15) is 4.31 Å². The Kier molecular flexibility index (Phi) is 6.15. The van der Waals surface area contributed by atoms with Crippen LogP contribution in [0.3, 0.4) is 0 Å². The van der Waals surface area contributed by atoms with Gasteiger partial charge < -0.3 is 4.42 Å². The zero-order valence-corrected chi connectivity index (χ0v) is 20.3. The normalized spacial score (nSPS) is 11.5. The molecule has 0 spiro atoms. The molecule has 1 aromatic heterocycles. The average Bonchev–Trinajstić information content (AvgIpc) is 3.14. The van der Waals surface area contributed by atoms with Gasteiger partial charge in [-0.05, 0) is 75.2 Å². The third-order valence-electron chi connectivity index (χ3n) is 5.79. The summed E-state index contributed by atoms with van der Waals surface area (Å²) in [5.74, 6) is -0.458. The fourth-order valence-corrected chi connectivity index (χ4v) is 5.36. The van der Waals surface area contributed by atoms with Gasteiger partial charge in [-0.1, -0.05) is 36.8 Å². The van der Waals surface area contributed by atoms with Gasteiger partial charge >= 0.3 is 0 Å². The van der Waals surface area contributed by atoms with Gasteiger partial charge in [0, 0.05) is 10.9 Å². The molecule has 34 heavy (non-hydrogen) atoms. The maximum atomic E-state index is 13.8. The van der Waals surface area contributed by atoms with E-state index in [4.69, 9.17) is 4.42 Å². The molecule has 0 bridgehead atoms. The molecule has 0 saturated heterocycles. The molecular weight excluding hydrogens is 450 g/mol. The topological polar surface area (TPSA) is 84.7 Å². The fourth-order valence-electron chi connectivity index (χ4n) is 3.95. The second kappa shape index (κ2) is 8.91. The zero-order valence-electron chi connectivity index (χ0n) is 19.5. The lowest BCUT2D eigenvalue weighted by Gasteiger charge is -2.23. The highest BCUT2D eigenvalue weighted by atomic mass is 32.2. The van der Waals surface area contributed by atoms with Crippen molar-refractivity contribution in [3.8, 4) is 0 Å². The maximum absolute atomic E-state index is 13.8. The van der Waals surface area contributed by atoms with Crippen LogP contribution in [0.4, 0.5) is 5.69 Å². The van der Waals surface area contributed by atoms with E-state index in [0.29, 0.717) is 22.3 Å². The lowest BCUT2D eigenvalue weighted by molar-refractivity contribution is 0.1000. The van der Waals surface area contributed by atoms with Crippen molar-refractivity contribution < 1.29 is 22.4 Å². The molecule has 0 saturated carbocycles. The van der Waals surface area contributed by atoms with Crippen LogP contribution >= 0.6 is 0 Å². The number of aryl methyl sites for hydroxylation is 3. The number of anilines is 1. The summed E-state index contributed by atoms with van der Waals surface area (Å²) in [7, 11) is -4.26. The number of fused-ring (bicyclic) bond motifs is 1. The van der Waals surface area contributed by atoms with Crippen LogP contribution in [0.2, 0.25) is 0 Å². The van der Waals surface area contributed by atoms with Gasteiger partial charge in [0.25, 0.3) is 15.9 Å². The molecular formula is C27H25NO5S. The molecule has 0 aliphatic rings. The Hall–Kier alpha value is -3.71. The van der Waals surface area contributed by atoms with Gasteiger partial charge in [0.15, 0.2) is 5.78 Å². The number of furan rings is 1. The standard InChI is InChI=1S/C27H25NO5S/c1-5-20-8-13-23(14-9-20)34(31,32)28(27(30)21-10-6-17(2)7-11-21)22-12-15-25-24(16-22)26(18(3)29)19(4)33-25/h6-16H,5H2,1-4H3. The van der Waals surface area contributed by atoms with Crippen molar-refractivity contribution >= 4 is 38.4 Å². The molecule has 0 atom stereocenters. The van der Waals surface area contributed by atoms with Crippen LogP contribution in [0.25, 0.3) is 11.0 Å². The molecule has 0 unspecified atom stereocenters. The Bertz CT molecular complexity index is 1500. The lowest BCUT2D eigenvalue weighted by atomic mass is 10.1.